The highest BCUT2D eigenvalue weighted by Gasteiger charge is 2.68. The van der Waals surface area contributed by atoms with Gasteiger partial charge in [0.2, 0.25) is 11.7 Å². The lowest BCUT2D eigenvalue weighted by Crippen LogP contribution is -2.61. The van der Waals surface area contributed by atoms with Crippen molar-refractivity contribution >= 4 is 34.8 Å². The van der Waals surface area contributed by atoms with Crippen molar-refractivity contribution in [3.63, 3.8) is 0 Å². The van der Waals surface area contributed by atoms with Crippen LogP contribution in [-0.2, 0) is 30.5 Å². The highest BCUT2D eigenvalue weighted by molar-refractivity contribution is 7.07. The Morgan fingerprint density at radius 1 is 1.21 bits per heavy atom. The van der Waals surface area contributed by atoms with Gasteiger partial charge in [-0.1, -0.05) is 25.5 Å². The maximum atomic E-state index is 13.4. The van der Waals surface area contributed by atoms with E-state index in [1.807, 2.05) is 29.8 Å². The first-order valence-corrected chi connectivity index (χ1v) is 14.7. The minimum atomic E-state index is -1.71. The normalized spacial score (nSPS) is 36.8. The van der Waals surface area contributed by atoms with Gasteiger partial charge in [-0.25, -0.2) is 0 Å². The molecule has 210 valence electrons. The molecule has 7 atom stereocenters. The molecular formula is C30H37NO7S. The van der Waals surface area contributed by atoms with E-state index in [1.165, 1.54) is 11.3 Å². The Bertz CT molecular complexity index is 1220. The molecule has 4 aliphatic carbocycles. The van der Waals surface area contributed by atoms with E-state index in [2.05, 4.69) is 12.2 Å². The van der Waals surface area contributed by atoms with Gasteiger partial charge in [0, 0.05) is 29.7 Å². The molecule has 5 rings (SSSR count). The molecule has 9 heteroatoms. The predicted octanol–water partition coefficient (Wildman–Crippen LogP) is 3.27. The minimum absolute atomic E-state index is 0.0203. The summed E-state index contributed by atoms with van der Waals surface area (Å²) in [5, 5.41) is 29.8. The third-order valence-corrected chi connectivity index (χ3v) is 10.8. The number of aliphatic hydroxyl groups is 2. The van der Waals surface area contributed by atoms with Crippen molar-refractivity contribution in [1.29, 1.82) is 0 Å². The van der Waals surface area contributed by atoms with Crippen LogP contribution in [0.3, 0.4) is 0 Å². The quantitative estimate of drug-likeness (QED) is 0.420. The van der Waals surface area contributed by atoms with E-state index in [-0.39, 0.29) is 55.1 Å². The van der Waals surface area contributed by atoms with Gasteiger partial charge in [-0.2, -0.15) is 11.3 Å². The lowest BCUT2D eigenvalue weighted by atomic mass is 9.46. The smallest absolute Gasteiger partial charge is 0.306 e. The first-order valence-electron chi connectivity index (χ1n) is 13.8. The van der Waals surface area contributed by atoms with Crippen LogP contribution in [0.25, 0.3) is 0 Å². The number of esters is 1. The molecule has 0 spiro atoms. The van der Waals surface area contributed by atoms with Gasteiger partial charge in [0.1, 0.15) is 5.60 Å². The Kier molecular flexibility index (Phi) is 7.45. The molecule has 0 unspecified atom stereocenters. The third-order valence-electron chi connectivity index (χ3n) is 10.1. The molecule has 0 saturated heterocycles. The van der Waals surface area contributed by atoms with Crippen LogP contribution >= 0.6 is 11.3 Å². The molecule has 8 nitrogen and oxygen atoms in total. The van der Waals surface area contributed by atoms with Crippen LogP contribution in [0.5, 0.6) is 0 Å². The lowest BCUT2D eigenvalue weighted by Gasteiger charge is -2.59. The molecule has 3 fully saturated rings. The molecular weight excluding hydrogens is 518 g/mol. The second-order valence-corrected chi connectivity index (χ2v) is 12.9. The van der Waals surface area contributed by atoms with Crippen molar-refractivity contribution in [2.24, 2.45) is 28.6 Å². The Morgan fingerprint density at radius 2 is 2.00 bits per heavy atom. The Labute approximate surface area is 232 Å². The number of nitrogens with one attached hydrogen (secondary N) is 1. The summed E-state index contributed by atoms with van der Waals surface area (Å²) in [4.78, 5) is 49.7. The maximum absolute atomic E-state index is 13.4. The Balaban J connectivity index is 1.19. The summed E-state index contributed by atoms with van der Waals surface area (Å²) in [6.45, 7) is 3.80. The lowest BCUT2D eigenvalue weighted by molar-refractivity contribution is -0.181. The number of aliphatic hydroxyl groups excluding tert-OH is 1. The fourth-order valence-electron chi connectivity index (χ4n) is 8.02. The number of thiophene rings is 1. The molecule has 0 aromatic carbocycles. The highest BCUT2D eigenvalue weighted by Crippen LogP contribution is 2.67. The standard InChI is InChI=1S/C30H37NO7S/c1-28-10-7-20(32)13-19(28)3-4-21-22-8-11-30(37,29(22,2)14-23(33)27(21)28)24(34)16-38-26(36)6-5-25(35)31-15-18-9-12-39-17-18/h7,9-10,12-13,17,21-23,27,33,37H,3-6,8,11,14-16H2,1-2H3,(H,31,35)/t21-,22-,23+,27+,28+,29+,30+/m1/s1. The summed E-state index contributed by atoms with van der Waals surface area (Å²) >= 11 is 1.54. The number of hydrogen-bond acceptors (Lipinski definition) is 8. The van der Waals surface area contributed by atoms with Crippen LogP contribution in [0, 0.1) is 28.6 Å². The summed E-state index contributed by atoms with van der Waals surface area (Å²) in [5.74, 6) is -1.51. The van der Waals surface area contributed by atoms with Gasteiger partial charge in [0.25, 0.3) is 0 Å². The fraction of sp³-hybridized carbons (Fsp3) is 0.600. The van der Waals surface area contributed by atoms with Gasteiger partial charge in [0.05, 0.1) is 12.5 Å². The average Bonchev–Trinajstić information content (AvgIpc) is 3.51. The highest BCUT2D eigenvalue weighted by atomic mass is 32.1. The van der Waals surface area contributed by atoms with E-state index in [0.717, 1.165) is 24.0 Å². The molecule has 1 heterocycles. The van der Waals surface area contributed by atoms with Crippen LogP contribution in [0.1, 0.15) is 64.4 Å². The molecule has 1 aromatic heterocycles. The summed E-state index contributed by atoms with van der Waals surface area (Å²) in [6.07, 6.45) is 6.94. The van der Waals surface area contributed by atoms with Crippen LogP contribution in [0.2, 0.25) is 0 Å². The number of carbonyl (C=O) groups is 4. The van der Waals surface area contributed by atoms with E-state index in [0.29, 0.717) is 13.0 Å². The molecule has 0 bridgehead atoms. The average molecular weight is 556 g/mol. The predicted molar refractivity (Wildman–Crippen MR) is 144 cm³/mol. The molecule has 1 amide bonds. The van der Waals surface area contributed by atoms with Gasteiger partial charge in [-0.15, -0.1) is 0 Å². The summed E-state index contributed by atoms with van der Waals surface area (Å²) in [6, 6.07) is 1.91. The third kappa shape index (κ3) is 4.83. The largest absolute Gasteiger partial charge is 0.458 e. The van der Waals surface area contributed by atoms with Gasteiger partial charge in [0.15, 0.2) is 12.4 Å². The Hall–Kier alpha value is -2.62. The maximum Gasteiger partial charge on any atom is 0.306 e. The monoisotopic (exact) mass is 555 g/mol. The van der Waals surface area contributed by atoms with Crippen molar-refractivity contribution in [3.8, 4) is 0 Å². The van der Waals surface area contributed by atoms with Crippen LogP contribution in [0.4, 0.5) is 0 Å². The van der Waals surface area contributed by atoms with Gasteiger partial charge in [-0.05, 0) is 78.5 Å². The molecule has 39 heavy (non-hydrogen) atoms. The van der Waals surface area contributed by atoms with Crippen LogP contribution < -0.4 is 5.32 Å². The van der Waals surface area contributed by atoms with E-state index >= 15 is 0 Å². The SMILES string of the molecule is C[C@]12C=CC(=O)C=C1CC[C@H]1[C@H]2[C@@H](O)C[C@@]2(C)[C@@H]1CC[C@]2(O)C(=O)COC(=O)CCC(=O)NCc1ccsc1. The Morgan fingerprint density at radius 3 is 2.74 bits per heavy atom. The van der Waals surface area contributed by atoms with Crippen LogP contribution in [0.15, 0.2) is 40.6 Å². The number of hydrogen-bond donors (Lipinski definition) is 3. The van der Waals surface area contributed by atoms with Crippen LogP contribution in [-0.4, -0.2) is 52.0 Å². The fourth-order valence-corrected chi connectivity index (χ4v) is 8.69. The zero-order valence-electron chi connectivity index (χ0n) is 22.5. The molecule has 1 aromatic rings. The summed E-state index contributed by atoms with van der Waals surface area (Å²) in [7, 11) is 0. The number of allylic oxidation sites excluding steroid dienone is 4. The van der Waals surface area contributed by atoms with Crippen molar-refractivity contribution in [2.45, 2.75) is 77.0 Å². The summed E-state index contributed by atoms with van der Waals surface area (Å²) in [5.41, 5.74) is -0.952. The first-order chi connectivity index (χ1) is 18.5. The molecule has 0 aliphatic heterocycles. The summed E-state index contributed by atoms with van der Waals surface area (Å²) < 4.78 is 5.20. The van der Waals surface area contributed by atoms with E-state index in [4.69, 9.17) is 4.74 Å². The topological polar surface area (TPSA) is 130 Å². The minimum Gasteiger partial charge on any atom is -0.458 e. The molecule has 3 N–H and O–H groups in total. The molecule has 4 aliphatic rings. The zero-order valence-corrected chi connectivity index (χ0v) is 23.3. The number of Topliss-reactive ketones (excluding diaryl/α,β-unsaturated/α-hetero) is 1. The number of amides is 1. The van der Waals surface area contributed by atoms with Crippen molar-refractivity contribution in [1.82, 2.24) is 5.32 Å². The van der Waals surface area contributed by atoms with Crippen molar-refractivity contribution < 1.29 is 34.1 Å². The second-order valence-electron chi connectivity index (χ2n) is 12.1. The van der Waals surface area contributed by atoms with Gasteiger partial charge >= 0.3 is 5.97 Å². The van der Waals surface area contributed by atoms with E-state index in [9.17, 15) is 29.4 Å². The first kappa shape index (κ1) is 27.9. The van der Waals surface area contributed by atoms with E-state index in [1.54, 1.807) is 12.2 Å². The van der Waals surface area contributed by atoms with Gasteiger partial charge in [-0.3, -0.25) is 19.2 Å². The number of carbonyl (C=O) groups excluding carboxylic acids is 4. The molecule has 0 radical (unpaired) electrons. The molecule has 3 saturated carbocycles. The van der Waals surface area contributed by atoms with Gasteiger partial charge < -0.3 is 20.3 Å². The second kappa shape index (κ2) is 10.4. The number of rotatable bonds is 8. The van der Waals surface area contributed by atoms with E-state index < -0.39 is 40.9 Å². The van der Waals surface area contributed by atoms with Crippen molar-refractivity contribution in [3.05, 3.63) is 46.2 Å². The zero-order chi connectivity index (χ0) is 28.0. The number of ketones is 2. The number of fused-ring (bicyclic) bond motifs is 5. The number of ether oxygens (including phenoxy) is 1. The van der Waals surface area contributed by atoms with Crippen molar-refractivity contribution in [2.75, 3.05) is 6.61 Å².